The van der Waals surface area contributed by atoms with E-state index in [9.17, 15) is 8.78 Å². The van der Waals surface area contributed by atoms with Crippen LogP contribution < -0.4 is 16.0 Å². The van der Waals surface area contributed by atoms with Crippen molar-refractivity contribution in [1.82, 2.24) is 19.6 Å². The number of nitrogens with one attached hydrogen (secondary N) is 2. The Morgan fingerprint density at radius 1 is 1.30 bits per heavy atom. The summed E-state index contributed by atoms with van der Waals surface area (Å²) in [5, 5.41) is 15.5. The Kier molecular flexibility index (Phi) is 4.38. The number of ether oxygens (including phenoxy) is 1. The van der Waals surface area contributed by atoms with Crippen molar-refractivity contribution in [3.05, 3.63) is 18.2 Å². The van der Waals surface area contributed by atoms with Crippen LogP contribution >= 0.6 is 0 Å². The molecule has 0 bridgehead atoms. The molecule has 0 unspecified atom stereocenters. The van der Waals surface area contributed by atoms with Crippen LogP contribution in [-0.2, 0) is 4.74 Å². The van der Waals surface area contributed by atoms with Crippen LogP contribution in [0.5, 0.6) is 0 Å². The van der Waals surface area contributed by atoms with Gasteiger partial charge in [-0.25, -0.2) is 13.8 Å². The van der Waals surface area contributed by atoms with Gasteiger partial charge in [-0.05, 0) is 19.3 Å². The van der Waals surface area contributed by atoms with Crippen molar-refractivity contribution in [1.29, 1.82) is 5.41 Å². The average Bonchev–Trinajstić information content (AvgIpc) is 3.11. The van der Waals surface area contributed by atoms with Gasteiger partial charge >= 0.3 is 0 Å². The normalized spacial score (nSPS) is 23.3. The fourth-order valence-electron chi connectivity index (χ4n) is 4.53. The number of nitrogens with zero attached hydrogens (tertiary/aromatic N) is 5. The first-order valence-corrected chi connectivity index (χ1v) is 10.1. The van der Waals surface area contributed by atoms with E-state index >= 15 is 0 Å². The first-order valence-electron chi connectivity index (χ1n) is 10.1. The van der Waals surface area contributed by atoms with E-state index in [4.69, 9.17) is 15.9 Å². The van der Waals surface area contributed by atoms with E-state index in [2.05, 4.69) is 20.4 Å². The van der Waals surface area contributed by atoms with Gasteiger partial charge in [0.2, 0.25) is 5.95 Å². The molecule has 4 heterocycles. The number of alkyl halides is 2. The predicted molar refractivity (Wildman–Crippen MR) is 108 cm³/mol. The zero-order valence-electron chi connectivity index (χ0n) is 16.4. The van der Waals surface area contributed by atoms with Crippen molar-refractivity contribution in [2.24, 2.45) is 11.1 Å². The fraction of sp³-hybridized carbons (Fsp3) is 0.579. The van der Waals surface area contributed by atoms with E-state index in [-0.39, 0.29) is 25.6 Å². The molecule has 2 aromatic rings. The molecule has 0 radical (unpaired) electrons. The Morgan fingerprint density at radius 2 is 2.07 bits per heavy atom. The number of allylic oxidation sites excluding steroid dienone is 1. The number of hydrogen-bond donors (Lipinski definition) is 3. The highest BCUT2D eigenvalue weighted by molar-refractivity contribution is 6.10. The molecule has 0 amide bonds. The molecule has 1 aliphatic carbocycles. The summed E-state index contributed by atoms with van der Waals surface area (Å²) >= 11 is 0. The Hall–Kier alpha value is -2.82. The van der Waals surface area contributed by atoms with E-state index in [0.29, 0.717) is 48.2 Å². The lowest BCUT2D eigenvalue weighted by Crippen LogP contribution is -2.70. The van der Waals surface area contributed by atoms with Crippen molar-refractivity contribution in [2.75, 3.05) is 36.5 Å². The summed E-state index contributed by atoms with van der Waals surface area (Å²) in [5.41, 5.74) is 6.65. The second-order valence-electron chi connectivity index (χ2n) is 8.28. The first kappa shape index (κ1) is 19.2. The highest BCUT2D eigenvalue weighted by atomic mass is 19.3. The molecule has 0 aromatic carbocycles. The topological polar surface area (TPSA) is 117 Å². The second-order valence-corrected chi connectivity index (χ2v) is 8.28. The summed E-state index contributed by atoms with van der Waals surface area (Å²) in [4.78, 5) is 10.9. The smallest absolute Gasteiger partial charge is 0.257 e. The number of rotatable bonds is 5. The molecule has 3 fully saturated rings. The van der Waals surface area contributed by atoms with Gasteiger partial charge in [0.05, 0.1) is 5.41 Å². The SMILES string of the molecule is N=C/C(=C\N)c1ncn2nc(NC3CCOCC3)nc2c1N1CC2(CCC2(F)F)C1. The minimum Gasteiger partial charge on any atom is -0.404 e. The van der Waals surface area contributed by atoms with Gasteiger partial charge in [-0.1, -0.05) is 0 Å². The molecule has 1 spiro atoms. The minimum atomic E-state index is -2.64. The van der Waals surface area contributed by atoms with Crippen LogP contribution in [0, 0.1) is 10.8 Å². The van der Waals surface area contributed by atoms with Crippen LogP contribution in [0.1, 0.15) is 31.4 Å². The summed E-state index contributed by atoms with van der Waals surface area (Å²) in [5.74, 6) is -2.18. The van der Waals surface area contributed by atoms with Crippen LogP contribution in [0.2, 0.25) is 0 Å². The predicted octanol–water partition coefficient (Wildman–Crippen LogP) is 1.90. The van der Waals surface area contributed by atoms with Crippen LogP contribution in [0.4, 0.5) is 20.4 Å². The molecular formula is C19H24F2N8O. The van der Waals surface area contributed by atoms with Crippen molar-refractivity contribution in [3.8, 4) is 0 Å². The van der Waals surface area contributed by atoms with E-state index in [0.717, 1.165) is 19.1 Å². The molecule has 2 aliphatic heterocycles. The van der Waals surface area contributed by atoms with Gasteiger partial charge in [-0.2, -0.15) is 9.50 Å². The number of fused-ring (bicyclic) bond motifs is 1. The lowest BCUT2D eigenvalue weighted by atomic mass is 9.60. The Morgan fingerprint density at radius 3 is 2.67 bits per heavy atom. The highest BCUT2D eigenvalue weighted by Gasteiger charge is 2.67. The maximum Gasteiger partial charge on any atom is 0.257 e. The van der Waals surface area contributed by atoms with Gasteiger partial charge in [-0.15, -0.1) is 5.10 Å². The van der Waals surface area contributed by atoms with Gasteiger partial charge in [0, 0.05) is 56.8 Å². The molecule has 4 N–H and O–H groups in total. The molecule has 2 saturated heterocycles. The van der Waals surface area contributed by atoms with Crippen LogP contribution in [0.25, 0.3) is 11.2 Å². The van der Waals surface area contributed by atoms with Crippen LogP contribution in [-0.4, -0.2) is 64.1 Å². The molecule has 11 heteroatoms. The Balaban J connectivity index is 1.51. The summed E-state index contributed by atoms with van der Waals surface area (Å²) in [7, 11) is 0. The summed E-state index contributed by atoms with van der Waals surface area (Å²) in [6.07, 6.45) is 6.09. The number of anilines is 2. The van der Waals surface area contributed by atoms with Crippen molar-refractivity contribution >= 4 is 29.1 Å². The zero-order valence-corrected chi connectivity index (χ0v) is 16.4. The van der Waals surface area contributed by atoms with Crippen molar-refractivity contribution in [2.45, 2.75) is 37.6 Å². The standard InChI is InChI=1S/C19H24F2N8O/c20-19(21)4-3-18(19)9-28(10-18)15-14(12(7-22)8-23)24-11-29-16(15)26-17(27-29)25-13-1-5-30-6-2-13/h7-8,11,13,22H,1-6,9-10,23H2,(H,25,27)/b12-8+,22-7?. The molecule has 0 atom stereocenters. The molecule has 2 aromatic heterocycles. The molecule has 5 rings (SSSR count). The largest absolute Gasteiger partial charge is 0.404 e. The summed E-state index contributed by atoms with van der Waals surface area (Å²) < 4.78 is 35.2. The third-order valence-electron chi connectivity index (χ3n) is 6.52. The highest BCUT2D eigenvalue weighted by Crippen LogP contribution is 2.60. The van der Waals surface area contributed by atoms with Gasteiger partial charge in [0.25, 0.3) is 5.92 Å². The first-order chi connectivity index (χ1) is 14.5. The Labute approximate surface area is 171 Å². The molecule has 3 aliphatic rings. The summed E-state index contributed by atoms with van der Waals surface area (Å²) in [6, 6.07) is 0.217. The van der Waals surface area contributed by atoms with Gasteiger partial charge in [-0.3, -0.25) is 0 Å². The number of aromatic nitrogens is 4. The van der Waals surface area contributed by atoms with E-state index < -0.39 is 11.3 Å². The Bertz CT molecular complexity index is 1010. The average molecular weight is 418 g/mol. The monoisotopic (exact) mass is 418 g/mol. The quantitative estimate of drug-likeness (QED) is 0.635. The molecule has 30 heavy (non-hydrogen) atoms. The maximum absolute atomic E-state index is 14.1. The molecule has 160 valence electrons. The van der Waals surface area contributed by atoms with E-state index in [1.54, 1.807) is 4.52 Å². The second kappa shape index (κ2) is 6.86. The fourth-order valence-corrected chi connectivity index (χ4v) is 4.53. The van der Waals surface area contributed by atoms with Crippen LogP contribution in [0.3, 0.4) is 0 Å². The van der Waals surface area contributed by atoms with Crippen molar-refractivity contribution < 1.29 is 13.5 Å². The third-order valence-corrected chi connectivity index (χ3v) is 6.52. The van der Waals surface area contributed by atoms with Crippen molar-refractivity contribution in [3.63, 3.8) is 0 Å². The van der Waals surface area contributed by atoms with E-state index in [1.165, 1.54) is 12.5 Å². The van der Waals surface area contributed by atoms with Gasteiger partial charge in [0.15, 0.2) is 5.65 Å². The third kappa shape index (κ3) is 2.83. The lowest BCUT2D eigenvalue weighted by molar-refractivity contribution is -0.212. The number of nitrogens with two attached hydrogens (primary N) is 1. The molecule has 1 saturated carbocycles. The van der Waals surface area contributed by atoms with E-state index in [1.807, 2.05) is 4.90 Å². The number of hydrogen-bond acceptors (Lipinski definition) is 8. The molecular weight excluding hydrogens is 394 g/mol. The maximum atomic E-state index is 14.1. The van der Waals surface area contributed by atoms with Gasteiger partial charge in [0.1, 0.15) is 17.7 Å². The lowest BCUT2D eigenvalue weighted by Gasteiger charge is -2.60. The summed E-state index contributed by atoms with van der Waals surface area (Å²) in [6.45, 7) is 1.83. The minimum absolute atomic E-state index is 0.0608. The number of halogens is 2. The van der Waals surface area contributed by atoms with Gasteiger partial charge < -0.3 is 26.1 Å². The molecule has 9 nitrogen and oxygen atoms in total. The zero-order chi connectivity index (χ0) is 20.9. The van der Waals surface area contributed by atoms with Crippen LogP contribution in [0.15, 0.2) is 12.5 Å².